The van der Waals surface area contributed by atoms with E-state index in [2.05, 4.69) is 12.2 Å². The lowest BCUT2D eigenvalue weighted by molar-refractivity contribution is 0.394. The third-order valence-corrected chi connectivity index (χ3v) is 2.85. The molecule has 0 fully saturated rings. The van der Waals surface area contributed by atoms with Gasteiger partial charge in [0.25, 0.3) is 0 Å². The SMILES string of the molecule is CCNCc1ccc(-c2cc(OC)cc(OC)c2)o1. The van der Waals surface area contributed by atoms with Crippen LogP contribution in [-0.2, 0) is 6.54 Å². The highest BCUT2D eigenvalue weighted by atomic mass is 16.5. The fourth-order valence-corrected chi connectivity index (χ4v) is 1.83. The molecule has 4 heteroatoms. The summed E-state index contributed by atoms with van der Waals surface area (Å²) in [5, 5.41) is 3.23. The molecule has 1 N–H and O–H groups in total. The lowest BCUT2D eigenvalue weighted by Gasteiger charge is -2.06. The summed E-state index contributed by atoms with van der Waals surface area (Å²) >= 11 is 0. The Morgan fingerprint density at radius 1 is 1.05 bits per heavy atom. The van der Waals surface area contributed by atoms with E-state index < -0.39 is 0 Å². The van der Waals surface area contributed by atoms with Crippen LogP contribution >= 0.6 is 0 Å². The minimum Gasteiger partial charge on any atom is -0.497 e. The average Bonchev–Trinajstić information content (AvgIpc) is 2.93. The zero-order valence-electron chi connectivity index (χ0n) is 11.5. The van der Waals surface area contributed by atoms with Gasteiger partial charge in [-0.15, -0.1) is 0 Å². The summed E-state index contributed by atoms with van der Waals surface area (Å²) in [6.07, 6.45) is 0. The smallest absolute Gasteiger partial charge is 0.134 e. The van der Waals surface area contributed by atoms with Gasteiger partial charge in [0, 0.05) is 11.6 Å². The Labute approximate surface area is 113 Å². The highest BCUT2D eigenvalue weighted by Crippen LogP contribution is 2.30. The monoisotopic (exact) mass is 261 g/mol. The molecule has 4 nitrogen and oxygen atoms in total. The maximum atomic E-state index is 5.80. The first-order valence-corrected chi connectivity index (χ1v) is 6.29. The van der Waals surface area contributed by atoms with Crippen LogP contribution in [0.2, 0.25) is 0 Å². The number of nitrogens with one attached hydrogen (secondary N) is 1. The molecule has 2 rings (SSSR count). The summed E-state index contributed by atoms with van der Waals surface area (Å²) in [7, 11) is 3.27. The maximum Gasteiger partial charge on any atom is 0.134 e. The molecule has 2 aromatic rings. The molecule has 1 aromatic carbocycles. The summed E-state index contributed by atoms with van der Waals surface area (Å²) in [5.41, 5.74) is 0.943. The van der Waals surface area contributed by atoms with Crippen LogP contribution in [-0.4, -0.2) is 20.8 Å². The van der Waals surface area contributed by atoms with E-state index in [1.54, 1.807) is 14.2 Å². The first-order valence-electron chi connectivity index (χ1n) is 6.29. The molecule has 0 unspecified atom stereocenters. The predicted molar refractivity (Wildman–Crippen MR) is 74.6 cm³/mol. The Hall–Kier alpha value is -1.94. The third-order valence-electron chi connectivity index (χ3n) is 2.85. The molecule has 0 saturated carbocycles. The second-order valence-electron chi connectivity index (χ2n) is 4.15. The van der Waals surface area contributed by atoms with Crippen molar-refractivity contribution in [2.24, 2.45) is 0 Å². The Balaban J connectivity index is 2.27. The summed E-state index contributed by atoms with van der Waals surface area (Å²) in [5.74, 6) is 3.22. The fraction of sp³-hybridized carbons (Fsp3) is 0.333. The molecular weight excluding hydrogens is 242 g/mol. The van der Waals surface area contributed by atoms with Crippen molar-refractivity contribution >= 4 is 0 Å². The van der Waals surface area contributed by atoms with Crippen molar-refractivity contribution in [1.29, 1.82) is 0 Å². The summed E-state index contributed by atoms with van der Waals surface area (Å²) < 4.78 is 16.3. The Morgan fingerprint density at radius 3 is 2.32 bits per heavy atom. The average molecular weight is 261 g/mol. The van der Waals surface area contributed by atoms with Gasteiger partial charge in [0.05, 0.1) is 20.8 Å². The first-order chi connectivity index (χ1) is 9.26. The van der Waals surface area contributed by atoms with E-state index >= 15 is 0 Å². The highest BCUT2D eigenvalue weighted by molar-refractivity contribution is 5.62. The number of hydrogen-bond donors (Lipinski definition) is 1. The van der Waals surface area contributed by atoms with Gasteiger partial charge >= 0.3 is 0 Å². The second kappa shape index (κ2) is 6.29. The van der Waals surface area contributed by atoms with Crippen LogP contribution in [0.1, 0.15) is 12.7 Å². The molecule has 0 aliphatic carbocycles. The van der Waals surface area contributed by atoms with Crippen LogP contribution in [0.25, 0.3) is 11.3 Å². The van der Waals surface area contributed by atoms with Crippen LogP contribution in [0.15, 0.2) is 34.7 Å². The molecule has 1 aromatic heterocycles. The van der Waals surface area contributed by atoms with Gasteiger partial charge in [-0.1, -0.05) is 6.92 Å². The zero-order chi connectivity index (χ0) is 13.7. The quantitative estimate of drug-likeness (QED) is 0.868. The molecule has 1 heterocycles. The lowest BCUT2D eigenvalue weighted by Crippen LogP contribution is -2.10. The largest absolute Gasteiger partial charge is 0.497 e. The molecular formula is C15H19NO3. The van der Waals surface area contributed by atoms with E-state index in [9.17, 15) is 0 Å². The van der Waals surface area contributed by atoms with Crippen molar-refractivity contribution in [3.63, 3.8) is 0 Å². The Morgan fingerprint density at radius 2 is 1.74 bits per heavy atom. The molecule has 0 atom stereocenters. The van der Waals surface area contributed by atoms with Crippen molar-refractivity contribution < 1.29 is 13.9 Å². The lowest BCUT2D eigenvalue weighted by atomic mass is 10.1. The molecule has 0 spiro atoms. The number of furan rings is 1. The van der Waals surface area contributed by atoms with E-state index in [0.717, 1.165) is 41.7 Å². The maximum absolute atomic E-state index is 5.80. The van der Waals surface area contributed by atoms with Crippen LogP contribution in [0.3, 0.4) is 0 Å². The summed E-state index contributed by atoms with van der Waals surface area (Å²) in [6.45, 7) is 3.72. The predicted octanol–water partition coefficient (Wildman–Crippen LogP) is 3.07. The van der Waals surface area contributed by atoms with Gasteiger partial charge in [0.1, 0.15) is 23.0 Å². The molecule has 102 valence electrons. The van der Waals surface area contributed by atoms with Crippen LogP contribution < -0.4 is 14.8 Å². The van der Waals surface area contributed by atoms with Crippen molar-refractivity contribution in [2.45, 2.75) is 13.5 Å². The van der Waals surface area contributed by atoms with Crippen molar-refractivity contribution in [2.75, 3.05) is 20.8 Å². The van der Waals surface area contributed by atoms with Crippen molar-refractivity contribution in [1.82, 2.24) is 5.32 Å². The molecule has 0 saturated heterocycles. The highest BCUT2D eigenvalue weighted by Gasteiger charge is 2.08. The molecule has 0 bridgehead atoms. The number of methoxy groups -OCH3 is 2. The molecule has 0 radical (unpaired) electrons. The van der Waals surface area contributed by atoms with Crippen molar-refractivity contribution in [3.8, 4) is 22.8 Å². The van der Waals surface area contributed by atoms with E-state index in [0.29, 0.717) is 0 Å². The van der Waals surface area contributed by atoms with Gasteiger partial charge in [-0.25, -0.2) is 0 Å². The first kappa shape index (κ1) is 13.5. The zero-order valence-corrected chi connectivity index (χ0v) is 11.5. The van der Waals surface area contributed by atoms with Gasteiger partial charge < -0.3 is 19.2 Å². The number of ether oxygens (including phenoxy) is 2. The summed E-state index contributed by atoms with van der Waals surface area (Å²) in [6, 6.07) is 9.63. The number of rotatable bonds is 6. The van der Waals surface area contributed by atoms with E-state index in [1.165, 1.54) is 0 Å². The normalized spacial score (nSPS) is 10.5. The van der Waals surface area contributed by atoms with Crippen molar-refractivity contribution in [3.05, 3.63) is 36.1 Å². The minimum atomic E-state index is 0.734. The second-order valence-corrected chi connectivity index (χ2v) is 4.15. The topological polar surface area (TPSA) is 43.6 Å². The molecule has 0 aliphatic rings. The van der Waals surface area contributed by atoms with Crippen LogP contribution in [0, 0.1) is 0 Å². The third kappa shape index (κ3) is 3.29. The standard InChI is InChI=1S/C15H19NO3/c1-4-16-10-12-5-6-15(19-12)11-7-13(17-2)9-14(8-11)18-3/h5-9,16H,4,10H2,1-3H3. The van der Waals surface area contributed by atoms with E-state index in [4.69, 9.17) is 13.9 Å². The van der Waals surface area contributed by atoms with Gasteiger partial charge in [-0.2, -0.15) is 0 Å². The van der Waals surface area contributed by atoms with Gasteiger partial charge in [-0.05, 0) is 30.8 Å². The van der Waals surface area contributed by atoms with Crippen LogP contribution in [0.5, 0.6) is 11.5 Å². The molecule has 0 amide bonds. The Kier molecular flexibility index (Phi) is 4.47. The van der Waals surface area contributed by atoms with E-state index in [1.807, 2.05) is 30.3 Å². The van der Waals surface area contributed by atoms with Gasteiger partial charge in [0.2, 0.25) is 0 Å². The number of benzene rings is 1. The van der Waals surface area contributed by atoms with Crippen LogP contribution in [0.4, 0.5) is 0 Å². The number of hydrogen-bond acceptors (Lipinski definition) is 4. The minimum absolute atomic E-state index is 0.734. The molecule has 0 aliphatic heterocycles. The molecule has 19 heavy (non-hydrogen) atoms. The Bertz CT molecular complexity index is 512. The van der Waals surface area contributed by atoms with Gasteiger partial charge in [-0.3, -0.25) is 0 Å². The summed E-state index contributed by atoms with van der Waals surface area (Å²) in [4.78, 5) is 0. The fourth-order valence-electron chi connectivity index (χ4n) is 1.83. The van der Waals surface area contributed by atoms with E-state index in [-0.39, 0.29) is 0 Å². The van der Waals surface area contributed by atoms with Gasteiger partial charge in [0.15, 0.2) is 0 Å².